The summed E-state index contributed by atoms with van der Waals surface area (Å²) >= 11 is 1.21. The minimum atomic E-state index is -3.69. The van der Waals surface area contributed by atoms with E-state index in [9.17, 15) is 22.7 Å². The van der Waals surface area contributed by atoms with E-state index < -0.39 is 26.0 Å². The Morgan fingerprint density at radius 1 is 1.22 bits per heavy atom. The van der Waals surface area contributed by atoms with E-state index in [-0.39, 0.29) is 22.2 Å². The van der Waals surface area contributed by atoms with Crippen LogP contribution in [-0.2, 0) is 20.4 Å². The van der Waals surface area contributed by atoms with Gasteiger partial charge >= 0.3 is 5.97 Å². The third kappa shape index (κ3) is 5.99. The molecule has 1 heterocycles. The Morgan fingerprint density at radius 2 is 1.89 bits per heavy atom. The van der Waals surface area contributed by atoms with Crippen molar-refractivity contribution < 1.29 is 27.4 Å². The van der Waals surface area contributed by atoms with E-state index in [1.54, 1.807) is 38.1 Å². The van der Waals surface area contributed by atoms with Gasteiger partial charge in [0.15, 0.2) is 9.84 Å². The van der Waals surface area contributed by atoms with Gasteiger partial charge in [-0.25, -0.2) is 12.8 Å². The predicted molar refractivity (Wildman–Crippen MR) is 144 cm³/mol. The Bertz CT molecular complexity index is 1200. The Labute approximate surface area is 218 Å². The zero-order chi connectivity index (χ0) is 26.7. The molecule has 36 heavy (non-hydrogen) atoms. The molecule has 0 aliphatic carbocycles. The van der Waals surface area contributed by atoms with Crippen LogP contribution in [0.2, 0.25) is 0 Å². The molecule has 1 aliphatic rings. The van der Waals surface area contributed by atoms with Crippen molar-refractivity contribution in [3.05, 3.63) is 47.8 Å². The fraction of sp³-hybridized carbons (Fsp3) is 0.519. The number of aliphatic carboxylic acids is 1. The lowest BCUT2D eigenvalue weighted by atomic mass is 9.81. The van der Waals surface area contributed by atoms with Crippen molar-refractivity contribution in [3.63, 3.8) is 0 Å². The number of carboxylic acids is 1. The lowest BCUT2D eigenvalue weighted by Crippen LogP contribution is -2.37. The van der Waals surface area contributed by atoms with Gasteiger partial charge in [-0.05, 0) is 57.0 Å². The van der Waals surface area contributed by atoms with E-state index in [0.717, 1.165) is 19.3 Å². The molecule has 0 amide bonds. The molecule has 198 valence electrons. The van der Waals surface area contributed by atoms with Crippen LogP contribution in [0, 0.1) is 11.2 Å². The summed E-state index contributed by atoms with van der Waals surface area (Å²) in [6, 6.07) is 9.46. The average Bonchev–Trinajstić information content (AvgIpc) is 2.93. The first-order valence-electron chi connectivity index (χ1n) is 12.2. The molecule has 9 heteroatoms. The maximum absolute atomic E-state index is 13.9. The maximum atomic E-state index is 13.9. The number of ether oxygens (including phenoxy) is 1. The van der Waals surface area contributed by atoms with Gasteiger partial charge < -0.3 is 14.7 Å². The van der Waals surface area contributed by atoms with E-state index in [1.165, 1.54) is 31.0 Å². The van der Waals surface area contributed by atoms with E-state index in [2.05, 4.69) is 6.92 Å². The maximum Gasteiger partial charge on any atom is 0.319 e. The number of halogens is 1. The molecule has 0 saturated carbocycles. The van der Waals surface area contributed by atoms with Crippen molar-refractivity contribution in [3.8, 4) is 5.75 Å². The van der Waals surface area contributed by atoms with Crippen LogP contribution in [0.3, 0.4) is 0 Å². The van der Waals surface area contributed by atoms with Crippen LogP contribution in [0.5, 0.6) is 5.75 Å². The molecule has 1 N–H and O–H groups in total. The van der Waals surface area contributed by atoms with Crippen LogP contribution >= 0.6 is 11.8 Å². The first kappa shape index (κ1) is 28.3. The lowest BCUT2D eigenvalue weighted by molar-refractivity contribution is -0.138. The van der Waals surface area contributed by atoms with Crippen molar-refractivity contribution in [2.24, 2.45) is 5.41 Å². The quantitative estimate of drug-likeness (QED) is 0.373. The summed E-state index contributed by atoms with van der Waals surface area (Å²) in [5.74, 6) is -0.528. The fourth-order valence-electron chi connectivity index (χ4n) is 4.57. The highest BCUT2D eigenvalue weighted by Crippen LogP contribution is 2.46. The number of fused-ring (bicyclic) bond motifs is 1. The molecule has 0 radical (unpaired) electrons. The van der Waals surface area contributed by atoms with Gasteiger partial charge in [0.25, 0.3) is 0 Å². The van der Waals surface area contributed by atoms with Gasteiger partial charge in [-0.15, -0.1) is 11.8 Å². The van der Waals surface area contributed by atoms with Gasteiger partial charge in [-0.1, -0.05) is 26.7 Å². The van der Waals surface area contributed by atoms with E-state index in [4.69, 9.17) is 4.74 Å². The summed E-state index contributed by atoms with van der Waals surface area (Å²) in [6.07, 6.45) is 3.31. The van der Waals surface area contributed by atoms with Gasteiger partial charge in [-0.2, -0.15) is 0 Å². The zero-order valence-electron chi connectivity index (χ0n) is 21.6. The van der Waals surface area contributed by atoms with Gasteiger partial charge in [0.2, 0.25) is 0 Å². The van der Waals surface area contributed by atoms with Gasteiger partial charge in [0, 0.05) is 35.0 Å². The minimum Gasteiger partial charge on any atom is -0.496 e. The largest absolute Gasteiger partial charge is 0.496 e. The number of benzene rings is 2. The number of carboxylic acid groups (broad SMARTS) is 1. The minimum absolute atomic E-state index is 0.0146. The molecule has 6 nitrogen and oxygen atoms in total. The van der Waals surface area contributed by atoms with E-state index in [0.29, 0.717) is 35.7 Å². The normalized spacial score (nSPS) is 19.4. The molecule has 3 rings (SSSR count). The number of hydrogen-bond donors (Lipinski definition) is 1. The molecule has 2 aromatic rings. The second-order valence-electron chi connectivity index (χ2n) is 10.0. The second kappa shape index (κ2) is 11.0. The number of rotatable bonds is 10. The smallest absolute Gasteiger partial charge is 0.319 e. The van der Waals surface area contributed by atoms with Crippen LogP contribution in [0.4, 0.5) is 15.8 Å². The molecule has 0 unspecified atom stereocenters. The number of unbranched alkanes of at least 4 members (excludes halogenated alkanes) is 1. The Hall–Kier alpha value is -2.26. The van der Waals surface area contributed by atoms with Gasteiger partial charge in [0.1, 0.15) is 16.3 Å². The second-order valence-corrected chi connectivity index (χ2v) is 13.6. The van der Waals surface area contributed by atoms with Crippen molar-refractivity contribution in [2.45, 2.75) is 68.8 Å². The fourth-order valence-corrected chi connectivity index (χ4v) is 7.64. The Balaban J connectivity index is 2.21. The van der Waals surface area contributed by atoms with Crippen LogP contribution in [0.15, 0.2) is 41.3 Å². The molecule has 1 aliphatic heterocycles. The van der Waals surface area contributed by atoms with Crippen LogP contribution in [0.1, 0.15) is 58.9 Å². The van der Waals surface area contributed by atoms with Crippen LogP contribution in [-0.4, -0.2) is 43.6 Å². The molecular weight excluding hydrogens is 501 g/mol. The highest BCUT2D eigenvalue weighted by atomic mass is 32.2. The summed E-state index contributed by atoms with van der Waals surface area (Å²) in [4.78, 5) is 13.8. The Kier molecular flexibility index (Phi) is 8.66. The molecule has 0 bridgehead atoms. The van der Waals surface area contributed by atoms with Gasteiger partial charge in [-0.3, -0.25) is 4.79 Å². The first-order valence-corrected chi connectivity index (χ1v) is 14.9. The number of thioether (sulfide) groups is 1. The number of sulfone groups is 1. The molecule has 0 spiro atoms. The predicted octanol–water partition coefficient (Wildman–Crippen LogP) is 6.44. The standard InChI is InChI=1S/C27H36FNO5S2/c1-6-8-13-27(7-2)17-29(21-11-9-20(28)10-12-21)22-15-23(34-5)19(14-24(22)36(32,33)18-27)16-35-26(3,4)25(30)31/h9-12,14-15H,6-8,13,16-18H2,1-5H3,(H,30,31)/t27-/m0/s1. The number of anilines is 2. The number of nitrogens with zero attached hydrogens (tertiary/aromatic N) is 1. The molecule has 0 fully saturated rings. The summed E-state index contributed by atoms with van der Waals surface area (Å²) in [7, 11) is -2.18. The zero-order valence-corrected chi connectivity index (χ0v) is 23.3. The summed E-state index contributed by atoms with van der Waals surface area (Å²) in [5, 5.41) is 9.51. The first-order chi connectivity index (χ1) is 16.9. The molecule has 0 aromatic heterocycles. The highest BCUT2D eigenvalue weighted by molar-refractivity contribution is 8.00. The summed E-state index contributed by atoms with van der Waals surface area (Å²) in [6.45, 7) is 7.83. The van der Waals surface area contributed by atoms with Crippen molar-refractivity contribution in [1.29, 1.82) is 0 Å². The average molecular weight is 538 g/mol. The van der Waals surface area contributed by atoms with Crippen molar-refractivity contribution >= 4 is 38.9 Å². The lowest BCUT2D eigenvalue weighted by Gasteiger charge is -2.36. The van der Waals surface area contributed by atoms with E-state index in [1.807, 2.05) is 11.8 Å². The summed E-state index contributed by atoms with van der Waals surface area (Å²) in [5.41, 5.74) is 1.35. The van der Waals surface area contributed by atoms with E-state index >= 15 is 0 Å². The number of carbonyl (C=O) groups is 1. The molecular formula is C27H36FNO5S2. The van der Waals surface area contributed by atoms with Gasteiger partial charge in [0.05, 0.1) is 23.4 Å². The van der Waals surface area contributed by atoms with Crippen molar-refractivity contribution in [2.75, 3.05) is 24.3 Å². The Morgan fingerprint density at radius 3 is 2.44 bits per heavy atom. The third-order valence-corrected chi connectivity index (χ3v) is 10.4. The molecule has 0 saturated heterocycles. The van der Waals surface area contributed by atoms with Crippen LogP contribution in [0.25, 0.3) is 0 Å². The number of hydrogen-bond acceptors (Lipinski definition) is 6. The highest BCUT2D eigenvalue weighted by Gasteiger charge is 2.42. The van der Waals surface area contributed by atoms with Crippen LogP contribution < -0.4 is 9.64 Å². The monoisotopic (exact) mass is 537 g/mol. The SMILES string of the molecule is CCCC[C@@]1(CC)CN(c2ccc(F)cc2)c2cc(OC)c(CSC(C)(C)C(=O)O)cc2S(=O)(=O)C1. The topological polar surface area (TPSA) is 83.9 Å². The molecule has 1 atom stereocenters. The number of methoxy groups -OCH3 is 1. The summed E-state index contributed by atoms with van der Waals surface area (Å²) < 4.78 is 46.2. The molecule has 2 aromatic carbocycles. The van der Waals surface area contributed by atoms with Crippen molar-refractivity contribution in [1.82, 2.24) is 0 Å². The third-order valence-electron chi connectivity index (χ3n) is 7.03.